The highest BCUT2D eigenvalue weighted by Crippen LogP contribution is 1.95. The standard InChI is InChI=1S/2C7H7NO/c2*8-7(9)6-4-2-1-3-5-6/h2*1-5H,(H2,8,9). The van der Waals surface area contributed by atoms with Crippen molar-refractivity contribution in [1.82, 2.24) is 0 Å². The SMILES string of the molecule is NC(=O)c1ccccc1.NC(=O)c1ccccc1. The maximum Gasteiger partial charge on any atom is 0.248 e. The van der Waals surface area contributed by atoms with Crippen LogP contribution in [0.2, 0.25) is 0 Å². The van der Waals surface area contributed by atoms with E-state index in [0.717, 1.165) is 0 Å². The average Bonchev–Trinajstić information content (AvgIpc) is 2.41. The molecule has 2 rings (SSSR count). The summed E-state index contributed by atoms with van der Waals surface area (Å²) < 4.78 is 0. The van der Waals surface area contributed by atoms with Gasteiger partial charge in [0, 0.05) is 11.1 Å². The van der Waals surface area contributed by atoms with E-state index >= 15 is 0 Å². The Hall–Kier alpha value is -2.62. The largest absolute Gasteiger partial charge is 0.366 e. The van der Waals surface area contributed by atoms with Gasteiger partial charge < -0.3 is 11.5 Å². The van der Waals surface area contributed by atoms with Gasteiger partial charge in [-0.05, 0) is 24.3 Å². The van der Waals surface area contributed by atoms with Gasteiger partial charge in [0.15, 0.2) is 0 Å². The lowest BCUT2D eigenvalue weighted by atomic mass is 10.2. The highest BCUT2D eigenvalue weighted by molar-refractivity contribution is 5.93. The van der Waals surface area contributed by atoms with Crippen molar-refractivity contribution in [3.05, 3.63) is 71.8 Å². The smallest absolute Gasteiger partial charge is 0.248 e. The van der Waals surface area contributed by atoms with Gasteiger partial charge in [0.1, 0.15) is 0 Å². The van der Waals surface area contributed by atoms with Gasteiger partial charge in [0.25, 0.3) is 0 Å². The van der Waals surface area contributed by atoms with E-state index in [1.807, 2.05) is 12.1 Å². The van der Waals surface area contributed by atoms with Gasteiger partial charge >= 0.3 is 0 Å². The molecule has 92 valence electrons. The van der Waals surface area contributed by atoms with Gasteiger partial charge in [-0.25, -0.2) is 0 Å². The monoisotopic (exact) mass is 242 g/mol. The molecule has 0 spiro atoms. The third-order valence-corrected chi connectivity index (χ3v) is 2.12. The Kier molecular flexibility index (Phi) is 5.12. The van der Waals surface area contributed by atoms with Crippen LogP contribution in [0.1, 0.15) is 20.7 Å². The van der Waals surface area contributed by atoms with Crippen molar-refractivity contribution in [3.63, 3.8) is 0 Å². The number of primary amides is 2. The van der Waals surface area contributed by atoms with Crippen LogP contribution in [0.15, 0.2) is 60.7 Å². The molecule has 0 aliphatic carbocycles. The number of hydrogen-bond donors (Lipinski definition) is 2. The molecule has 0 unspecified atom stereocenters. The summed E-state index contributed by atoms with van der Waals surface area (Å²) >= 11 is 0. The van der Waals surface area contributed by atoms with E-state index in [4.69, 9.17) is 11.5 Å². The Labute approximate surface area is 105 Å². The molecule has 2 aromatic carbocycles. The Morgan fingerprint density at radius 1 is 0.611 bits per heavy atom. The van der Waals surface area contributed by atoms with E-state index < -0.39 is 0 Å². The van der Waals surface area contributed by atoms with Crippen molar-refractivity contribution in [2.45, 2.75) is 0 Å². The van der Waals surface area contributed by atoms with Crippen LogP contribution in [0.5, 0.6) is 0 Å². The Morgan fingerprint density at radius 3 is 1.06 bits per heavy atom. The molecule has 4 N–H and O–H groups in total. The minimum atomic E-state index is -0.379. The summed E-state index contributed by atoms with van der Waals surface area (Å²) in [7, 11) is 0. The molecule has 0 aliphatic rings. The number of benzene rings is 2. The van der Waals surface area contributed by atoms with Crippen LogP contribution in [0, 0.1) is 0 Å². The Morgan fingerprint density at radius 2 is 0.889 bits per heavy atom. The van der Waals surface area contributed by atoms with Crippen LogP contribution in [0.25, 0.3) is 0 Å². The first-order valence-electron chi connectivity index (χ1n) is 5.31. The minimum Gasteiger partial charge on any atom is -0.366 e. The van der Waals surface area contributed by atoms with Gasteiger partial charge in [-0.2, -0.15) is 0 Å². The summed E-state index contributed by atoms with van der Waals surface area (Å²) in [5, 5.41) is 0. The van der Waals surface area contributed by atoms with Gasteiger partial charge in [-0.1, -0.05) is 36.4 Å². The third-order valence-electron chi connectivity index (χ3n) is 2.12. The number of carbonyl (C=O) groups is 2. The zero-order valence-electron chi connectivity index (χ0n) is 9.74. The van der Waals surface area contributed by atoms with E-state index in [0.29, 0.717) is 11.1 Å². The normalized spacial score (nSPS) is 8.89. The van der Waals surface area contributed by atoms with Gasteiger partial charge in [0.05, 0.1) is 0 Å². The van der Waals surface area contributed by atoms with Crippen molar-refractivity contribution in [2.24, 2.45) is 11.5 Å². The molecule has 0 saturated carbocycles. The zero-order valence-corrected chi connectivity index (χ0v) is 9.74. The molecule has 4 heteroatoms. The van der Waals surface area contributed by atoms with Crippen LogP contribution in [0.3, 0.4) is 0 Å². The number of carbonyl (C=O) groups excluding carboxylic acids is 2. The highest BCUT2D eigenvalue weighted by atomic mass is 16.1. The van der Waals surface area contributed by atoms with E-state index in [-0.39, 0.29) is 11.8 Å². The molecule has 2 aromatic rings. The molecule has 0 bridgehead atoms. The van der Waals surface area contributed by atoms with E-state index in [1.54, 1.807) is 48.5 Å². The summed E-state index contributed by atoms with van der Waals surface area (Å²) in [6.07, 6.45) is 0. The molecule has 0 heterocycles. The molecule has 0 radical (unpaired) electrons. The first kappa shape index (κ1) is 13.4. The van der Waals surface area contributed by atoms with Gasteiger partial charge in [0.2, 0.25) is 11.8 Å². The number of hydrogen-bond acceptors (Lipinski definition) is 2. The fraction of sp³-hybridized carbons (Fsp3) is 0. The van der Waals surface area contributed by atoms with Crippen molar-refractivity contribution >= 4 is 11.8 Å². The van der Waals surface area contributed by atoms with E-state index in [1.165, 1.54) is 0 Å². The van der Waals surface area contributed by atoms with Gasteiger partial charge in [-0.15, -0.1) is 0 Å². The van der Waals surface area contributed by atoms with Crippen molar-refractivity contribution in [2.75, 3.05) is 0 Å². The quantitative estimate of drug-likeness (QED) is 0.837. The second kappa shape index (κ2) is 6.85. The Balaban J connectivity index is 0.000000180. The number of amides is 2. The molecular weight excluding hydrogens is 228 g/mol. The fourth-order valence-electron chi connectivity index (χ4n) is 1.20. The van der Waals surface area contributed by atoms with Crippen molar-refractivity contribution in [1.29, 1.82) is 0 Å². The molecule has 2 amide bonds. The predicted octanol–water partition coefficient (Wildman–Crippen LogP) is 1.57. The van der Waals surface area contributed by atoms with E-state index in [2.05, 4.69) is 0 Å². The second-order valence-corrected chi connectivity index (χ2v) is 3.46. The topological polar surface area (TPSA) is 86.2 Å². The van der Waals surface area contributed by atoms with E-state index in [9.17, 15) is 9.59 Å². The first-order chi connectivity index (χ1) is 8.61. The van der Waals surface area contributed by atoms with Crippen LogP contribution < -0.4 is 11.5 Å². The molecule has 4 nitrogen and oxygen atoms in total. The summed E-state index contributed by atoms with van der Waals surface area (Å²) in [6.45, 7) is 0. The highest BCUT2D eigenvalue weighted by Gasteiger charge is 1.94. The average molecular weight is 242 g/mol. The lowest BCUT2D eigenvalue weighted by Crippen LogP contribution is -2.09. The minimum absolute atomic E-state index is 0.379. The molecule has 18 heavy (non-hydrogen) atoms. The summed E-state index contributed by atoms with van der Waals surface area (Å²) in [5.41, 5.74) is 11.1. The lowest BCUT2D eigenvalue weighted by molar-refractivity contribution is 0.0992. The van der Waals surface area contributed by atoms with Crippen LogP contribution in [-0.2, 0) is 0 Å². The molecule has 0 fully saturated rings. The molecule has 0 aliphatic heterocycles. The molecule has 0 atom stereocenters. The van der Waals surface area contributed by atoms with Crippen LogP contribution in [0.4, 0.5) is 0 Å². The van der Waals surface area contributed by atoms with Gasteiger partial charge in [-0.3, -0.25) is 9.59 Å². The maximum atomic E-state index is 10.4. The van der Waals surface area contributed by atoms with Crippen LogP contribution >= 0.6 is 0 Å². The van der Waals surface area contributed by atoms with Crippen LogP contribution in [-0.4, -0.2) is 11.8 Å². The summed E-state index contributed by atoms with van der Waals surface area (Å²) in [6, 6.07) is 17.5. The second-order valence-electron chi connectivity index (χ2n) is 3.46. The Bertz CT molecular complexity index is 460. The summed E-state index contributed by atoms with van der Waals surface area (Å²) in [4.78, 5) is 20.8. The maximum absolute atomic E-state index is 10.4. The van der Waals surface area contributed by atoms with Crippen molar-refractivity contribution < 1.29 is 9.59 Å². The fourth-order valence-corrected chi connectivity index (χ4v) is 1.20. The number of rotatable bonds is 2. The predicted molar refractivity (Wildman–Crippen MR) is 69.9 cm³/mol. The number of nitrogens with two attached hydrogens (primary N) is 2. The molecule has 0 aromatic heterocycles. The zero-order chi connectivity index (χ0) is 13.4. The third kappa shape index (κ3) is 4.49. The lowest BCUT2D eigenvalue weighted by Gasteiger charge is -1.89. The molecule has 0 saturated heterocycles. The van der Waals surface area contributed by atoms with Crippen molar-refractivity contribution in [3.8, 4) is 0 Å². The summed E-state index contributed by atoms with van der Waals surface area (Å²) in [5.74, 6) is -0.758. The first-order valence-corrected chi connectivity index (χ1v) is 5.31. The molecular formula is C14H14N2O2.